The Morgan fingerprint density at radius 1 is 1.38 bits per heavy atom. The lowest BCUT2D eigenvalue weighted by Gasteiger charge is -2.20. The van der Waals surface area contributed by atoms with Crippen molar-refractivity contribution in [1.29, 1.82) is 0 Å². The van der Waals surface area contributed by atoms with E-state index in [-0.39, 0.29) is 0 Å². The Balaban J connectivity index is 2.13. The summed E-state index contributed by atoms with van der Waals surface area (Å²) in [6.07, 6.45) is 6.99. The monoisotopic (exact) mass is 200 g/mol. The second kappa shape index (κ2) is 6.30. The second-order valence-corrected chi connectivity index (χ2v) is 4.83. The van der Waals surface area contributed by atoms with Crippen LogP contribution in [0.3, 0.4) is 0 Å². The third-order valence-electron chi connectivity index (χ3n) is 2.38. The zero-order valence-electron chi connectivity index (χ0n) is 8.46. The van der Waals surface area contributed by atoms with Gasteiger partial charge in [-0.3, -0.25) is 4.99 Å². The average molecular weight is 200 g/mol. The van der Waals surface area contributed by atoms with E-state index in [9.17, 15) is 0 Å². The summed E-state index contributed by atoms with van der Waals surface area (Å²) >= 11 is 1.99. The molecule has 1 saturated carbocycles. The van der Waals surface area contributed by atoms with Gasteiger partial charge in [-0.05, 0) is 19.8 Å². The molecule has 0 atom stereocenters. The highest BCUT2D eigenvalue weighted by Gasteiger charge is 2.13. The normalized spacial score (nSPS) is 20.5. The molecule has 0 unspecified atom stereocenters. The number of hydrogen-bond acceptors (Lipinski definition) is 2. The van der Waals surface area contributed by atoms with Crippen LogP contribution in [0.15, 0.2) is 4.99 Å². The van der Waals surface area contributed by atoms with Gasteiger partial charge in [0.05, 0.1) is 5.75 Å². The number of nitrogens with two attached hydrogens (primary N) is 1. The van der Waals surface area contributed by atoms with Crippen LogP contribution in [0, 0.1) is 0 Å². The van der Waals surface area contributed by atoms with Crippen LogP contribution in [0.2, 0.25) is 0 Å². The molecule has 0 aromatic carbocycles. The first-order valence-corrected chi connectivity index (χ1v) is 6.28. The molecule has 2 N–H and O–H groups in total. The van der Waals surface area contributed by atoms with E-state index in [4.69, 9.17) is 5.73 Å². The quantitative estimate of drug-likeness (QED) is 0.559. The predicted octanol–water partition coefficient (Wildman–Crippen LogP) is 2.43. The van der Waals surface area contributed by atoms with Crippen molar-refractivity contribution in [2.24, 2.45) is 10.7 Å². The molecule has 0 aromatic rings. The average Bonchev–Trinajstić information content (AvgIpc) is 2.17. The minimum absolute atomic E-state index is 0.817. The van der Waals surface area contributed by atoms with Gasteiger partial charge in [0, 0.05) is 11.8 Å². The van der Waals surface area contributed by atoms with Crippen molar-refractivity contribution in [3.8, 4) is 0 Å². The van der Waals surface area contributed by atoms with Gasteiger partial charge in [-0.1, -0.05) is 19.3 Å². The molecular formula is C10H20N2S. The Morgan fingerprint density at radius 3 is 2.69 bits per heavy atom. The summed E-state index contributed by atoms with van der Waals surface area (Å²) in [5, 5.41) is 0.847. The fourth-order valence-corrected chi connectivity index (χ4v) is 2.85. The fraction of sp³-hybridized carbons (Fsp3) is 0.900. The Morgan fingerprint density at radius 2 is 2.08 bits per heavy atom. The SMILES string of the molecule is CCN=C(N)CSC1CCCCC1. The van der Waals surface area contributed by atoms with E-state index in [0.717, 1.165) is 23.4 Å². The van der Waals surface area contributed by atoms with E-state index in [2.05, 4.69) is 4.99 Å². The third-order valence-corrected chi connectivity index (χ3v) is 3.79. The van der Waals surface area contributed by atoms with Gasteiger partial charge in [-0.25, -0.2) is 0 Å². The van der Waals surface area contributed by atoms with Gasteiger partial charge in [0.2, 0.25) is 0 Å². The summed E-state index contributed by atoms with van der Waals surface area (Å²) in [5.74, 6) is 1.75. The Hall–Kier alpha value is -0.180. The largest absolute Gasteiger partial charge is 0.387 e. The molecule has 2 nitrogen and oxygen atoms in total. The van der Waals surface area contributed by atoms with Crippen LogP contribution in [0.4, 0.5) is 0 Å². The van der Waals surface area contributed by atoms with E-state index in [1.807, 2.05) is 18.7 Å². The van der Waals surface area contributed by atoms with E-state index in [0.29, 0.717) is 0 Å². The van der Waals surface area contributed by atoms with Crippen LogP contribution in [-0.4, -0.2) is 23.4 Å². The molecule has 13 heavy (non-hydrogen) atoms. The van der Waals surface area contributed by atoms with Gasteiger partial charge < -0.3 is 5.73 Å². The third kappa shape index (κ3) is 4.55. The molecule has 1 aliphatic carbocycles. The Labute approximate surface area is 85.4 Å². The highest BCUT2D eigenvalue weighted by Crippen LogP contribution is 2.27. The maximum atomic E-state index is 5.73. The summed E-state index contributed by atoms with van der Waals surface area (Å²) in [7, 11) is 0. The molecule has 0 radical (unpaired) electrons. The molecular weight excluding hydrogens is 180 g/mol. The van der Waals surface area contributed by atoms with Crippen molar-refractivity contribution >= 4 is 17.6 Å². The Kier molecular flexibility index (Phi) is 5.28. The lowest BCUT2D eigenvalue weighted by atomic mass is 10.0. The van der Waals surface area contributed by atoms with Crippen LogP contribution in [-0.2, 0) is 0 Å². The summed E-state index contributed by atoms with van der Waals surface area (Å²) in [4.78, 5) is 4.18. The predicted molar refractivity (Wildman–Crippen MR) is 61.5 cm³/mol. The van der Waals surface area contributed by atoms with E-state index in [1.54, 1.807) is 0 Å². The minimum Gasteiger partial charge on any atom is -0.387 e. The topological polar surface area (TPSA) is 38.4 Å². The summed E-state index contributed by atoms with van der Waals surface area (Å²) in [6, 6.07) is 0. The van der Waals surface area contributed by atoms with E-state index >= 15 is 0 Å². The number of thioether (sulfide) groups is 1. The number of nitrogens with zero attached hydrogens (tertiary/aromatic N) is 1. The highest BCUT2D eigenvalue weighted by molar-refractivity contribution is 8.00. The van der Waals surface area contributed by atoms with Crippen molar-refractivity contribution in [3.63, 3.8) is 0 Å². The van der Waals surface area contributed by atoms with Gasteiger partial charge in [0.25, 0.3) is 0 Å². The minimum atomic E-state index is 0.817. The molecule has 0 aromatic heterocycles. The highest BCUT2D eigenvalue weighted by atomic mass is 32.2. The van der Waals surface area contributed by atoms with Crippen LogP contribution < -0.4 is 5.73 Å². The van der Waals surface area contributed by atoms with Crippen molar-refractivity contribution in [1.82, 2.24) is 0 Å². The number of amidine groups is 1. The van der Waals surface area contributed by atoms with Crippen molar-refractivity contribution < 1.29 is 0 Å². The van der Waals surface area contributed by atoms with Gasteiger partial charge in [-0.2, -0.15) is 11.8 Å². The first kappa shape index (κ1) is 10.9. The summed E-state index contributed by atoms with van der Waals surface area (Å²) in [5.41, 5.74) is 5.73. The van der Waals surface area contributed by atoms with E-state index in [1.165, 1.54) is 32.1 Å². The molecule has 1 rings (SSSR count). The lowest BCUT2D eigenvalue weighted by molar-refractivity contribution is 0.516. The van der Waals surface area contributed by atoms with Gasteiger partial charge in [-0.15, -0.1) is 0 Å². The van der Waals surface area contributed by atoms with Crippen molar-refractivity contribution in [3.05, 3.63) is 0 Å². The summed E-state index contributed by atoms with van der Waals surface area (Å²) in [6.45, 7) is 2.84. The molecule has 1 fully saturated rings. The Bertz CT molecular complexity index is 162. The molecule has 0 amide bonds. The first-order valence-electron chi connectivity index (χ1n) is 5.23. The van der Waals surface area contributed by atoms with Crippen LogP contribution in [0.25, 0.3) is 0 Å². The standard InChI is InChI=1S/C10H20N2S/c1-2-12-10(11)8-13-9-6-4-3-5-7-9/h9H,2-8H2,1H3,(H2,11,12). The maximum Gasteiger partial charge on any atom is 0.104 e. The lowest BCUT2D eigenvalue weighted by Crippen LogP contribution is -2.18. The van der Waals surface area contributed by atoms with Crippen LogP contribution in [0.5, 0.6) is 0 Å². The van der Waals surface area contributed by atoms with Crippen LogP contribution >= 0.6 is 11.8 Å². The second-order valence-electron chi connectivity index (χ2n) is 3.54. The number of aliphatic imine (C=N–C) groups is 1. The molecule has 3 heteroatoms. The van der Waals surface area contributed by atoms with Gasteiger partial charge >= 0.3 is 0 Å². The molecule has 0 bridgehead atoms. The number of rotatable bonds is 4. The van der Waals surface area contributed by atoms with Crippen LogP contribution in [0.1, 0.15) is 39.0 Å². The zero-order valence-corrected chi connectivity index (χ0v) is 9.28. The van der Waals surface area contributed by atoms with Gasteiger partial charge in [0.1, 0.15) is 5.84 Å². The smallest absolute Gasteiger partial charge is 0.104 e. The molecule has 0 heterocycles. The molecule has 76 valence electrons. The molecule has 0 saturated heterocycles. The molecule has 0 spiro atoms. The van der Waals surface area contributed by atoms with Gasteiger partial charge in [0.15, 0.2) is 0 Å². The first-order chi connectivity index (χ1) is 6.33. The van der Waals surface area contributed by atoms with Crippen molar-refractivity contribution in [2.75, 3.05) is 12.3 Å². The zero-order chi connectivity index (χ0) is 9.52. The number of hydrogen-bond donors (Lipinski definition) is 1. The maximum absolute atomic E-state index is 5.73. The molecule has 0 aliphatic heterocycles. The summed E-state index contributed by atoms with van der Waals surface area (Å²) < 4.78 is 0. The van der Waals surface area contributed by atoms with Crippen molar-refractivity contribution in [2.45, 2.75) is 44.3 Å². The molecule has 1 aliphatic rings. The van der Waals surface area contributed by atoms with E-state index < -0.39 is 0 Å². The fourth-order valence-electron chi connectivity index (χ4n) is 1.68.